The zero-order valence-corrected chi connectivity index (χ0v) is 18.4. The smallest absolute Gasteiger partial charge is 0.262 e. The van der Waals surface area contributed by atoms with Crippen LogP contribution in [0.2, 0.25) is 0 Å². The van der Waals surface area contributed by atoms with E-state index in [1.165, 1.54) is 17.7 Å². The number of carbonyl (C=O) groups is 1. The van der Waals surface area contributed by atoms with Crippen molar-refractivity contribution in [3.8, 4) is 6.07 Å². The van der Waals surface area contributed by atoms with Crippen molar-refractivity contribution in [3.63, 3.8) is 0 Å². The molecule has 1 saturated carbocycles. The van der Waals surface area contributed by atoms with Gasteiger partial charge in [0.15, 0.2) is 0 Å². The number of hydrogen-bond acceptors (Lipinski definition) is 3. The lowest BCUT2D eigenvalue weighted by atomic mass is 9.86. The van der Waals surface area contributed by atoms with Crippen molar-refractivity contribution < 1.29 is 4.79 Å². The first-order valence-electron chi connectivity index (χ1n) is 10.8. The molecular weight excluding hydrogens is 358 g/mol. The van der Waals surface area contributed by atoms with E-state index in [4.69, 9.17) is 0 Å². The Labute approximate surface area is 175 Å². The highest BCUT2D eigenvalue weighted by Crippen LogP contribution is 2.40. The second kappa shape index (κ2) is 8.45. The highest BCUT2D eigenvalue weighted by atomic mass is 16.1. The van der Waals surface area contributed by atoms with Crippen molar-refractivity contribution in [2.45, 2.75) is 84.3 Å². The first-order valence-corrected chi connectivity index (χ1v) is 10.8. The van der Waals surface area contributed by atoms with Crippen molar-refractivity contribution in [2.75, 3.05) is 4.90 Å². The average Bonchev–Trinajstić information content (AvgIpc) is 2.66. The zero-order valence-electron chi connectivity index (χ0n) is 18.4. The van der Waals surface area contributed by atoms with Crippen molar-refractivity contribution in [2.24, 2.45) is 0 Å². The van der Waals surface area contributed by atoms with Gasteiger partial charge in [-0.25, -0.2) is 0 Å². The molecule has 4 nitrogen and oxygen atoms in total. The molecule has 1 heterocycles. The number of amides is 1. The predicted octanol–water partition coefficient (Wildman–Crippen LogP) is 5.45. The Hall–Kier alpha value is -2.54. The maximum atomic E-state index is 12.6. The van der Waals surface area contributed by atoms with Crippen LogP contribution in [0.15, 0.2) is 29.8 Å². The number of nitrogens with zero attached hydrogens (tertiary/aromatic N) is 2. The van der Waals surface area contributed by atoms with Gasteiger partial charge in [-0.2, -0.15) is 5.26 Å². The minimum Gasteiger partial charge on any atom is -0.360 e. The number of nitrogens with one attached hydrogen (secondary N) is 1. The van der Waals surface area contributed by atoms with Gasteiger partial charge in [-0.15, -0.1) is 0 Å². The van der Waals surface area contributed by atoms with Gasteiger partial charge < -0.3 is 10.2 Å². The van der Waals surface area contributed by atoms with Crippen LogP contribution < -0.4 is 10.2 Å². The molecule has 1 aliphatic carbocycles. The minimum atomic E-state index is -0.255. The summed E-state index contributed by atoms with van der Waals surface area (Å²) in [5, 5.41) is 12.6. The molecule has 1 aromatic carbocycles. The maximum absolute atomic E-state index is 12.6. The predicted molar refractivity (Wildman–Crippen MR) is 120 cm³/mol. The Balaban J connectivity index is 1.89. The number of fused-ring (bicyclic) bond motifs is 1. The summed E-state index contributed by atoms with van der Waals surface area (Å²) in [6.07, 6.45) is 9.56. The molecule has 29 heavy (non-hydrogen) atoms. The quantitative estimate of drug-likeness (QED) is 0.548. The fraction of sp³-hybridized carbons (Fsp3) is 0.520. The lowest BCUT2D eigenvalue weighted by Gasteiger charge is -2.46. The summed E-state index contributed by atoms with van der Waals surface area (Å²) in [4.78, 5) is 15.0. The Morgan fingerprint density at radius 1 is 1.28 bits per heavy atom. The van der Waals surface area contributed by atoms with Crippen molar-refractivity contribution in [3.05, 3.63) is 41.0 Å². The molecule has 2 aliphatic rings. The number of allylic oxidation sites excluding steroid dienone is 1. The minimum absolute atomic E-state index is 0.0553. The summed E-state index contributed by atoms with van der Waals surface area (Å²) < 4.78 is 0. The van der Waals surface area contributed by atoms with Crippen LogP contribution in [-0.4, -0.2) is 23.5 Å². The number of nitriles is 1. The molecule has 1 amide bonds. The van der Waals surface area contributed by atoms with Gasteiger partial charge in [-0.1, -0.05) is 31.4 Å². The summed E-state index contributed by atoms with van der Waals surface area (Å²) in [6.45, 7) is 11.0. The molecule has 0 atom stereocenters. The number of anilines is 1. The molecule has 1 fully saturated rings. The molecule has 1 aliphatic heterocycles. The molecule has 3 rings (SSSR count). The third-order valence-electron chi connectivity index (χ3n) is 6.03. The molecule has 4 heteroatoms. The molecule has 0 saturated heterocycles. The standard InChI is InChI=1S/C25H33N3O/c1-17(2)28-23-12-11-19(14-22(23)18(3)15-25(28,4)5)13-20(16-26)24(29)27-21-9-7-6-8-10-21/h11-15,17,21H,6-10H2,1-5H3,(H,27,29)/b20-13-. The van der Waals surface area contributed by atoms with Gasteiger partial charge in [-0.05, 0) is 76.8 Å². The Bertz CT molecular complexity index is 880. The van der Waals surface area contributed by atoms with Crippen molar-refractivity contribution in [1.82, 2.24) is 5.32 Å². The van der Waals surface area contributed by atoms with Crippen molar-refractivity contribution in [1.29, 1.82) is 5.26 Å². The van der Waals surface area contributed by atoms with Crippen LogP contribution in [0.1, 0.15) is 77.8 Å². The molecule has 0 bridgehead atoms. The van der Waals surface area contributed by atoms with Crippen LogP contribution in [0.5, 0.6) is 0 Å². The van der Waals surface area contributed by atoms with Crippen LogP contribution in [0, 0.1) is 11.3 Å². The fourth-order valence-electron chi connectivity index (χ4n) is 4.93. The summed E-state index contributed by atoms with van der Waals surface area (Å²) in [5.41, 5.74) is 4.59. The Morgan fingerprint density at radius 3 is 2.59 bits per heavy atom. The van der Waals surface area contributed by atoms with E-state index in [1.54, 1.807) is 6.08 Å². The van der Waals surface area contributed by atoms with Crippen LogP contribution in [0.4, 0.5) is 5.69 Å². The van der Waals surface area contributed by atoms with E-state index in [1.807, 2.05) is 6.07 Å². The highest BCUT2D eigenvalue weighted by Gasteiger charge is 2.32. The molecule has 0 spiro atoms. The number of rotatable bonds is 4. The van der Waals surface area contributed by atoms with Gasteiger partial charge >= 0.3 is 0 Å². The second-order valence-corrected chi connectivity index (χ2v) is 9.20. The molecule has 0 radical (unpaired) electrons. The van der Waals surface area contributed by atoms with Gasteiger partial charge in [0.2, 0.25) is 0 Å². The fourth-order valence-corrected chi connectivity index (χ4v) is 4.93. The summed E-state index contributed by atoms with van der Waals surface area (Å²) in [7, 11) is 0. The monoisotopic (exact) mass is 391 g/mol. The van der Waals surface area contributed by atoms with E-state index in [9.17, 15) is 10.1 Å². The lowest BCUT2D eigenvalue weighted by Crippen LogP contribution is -2.49. The maximum Gasteiger partial charge on any atom is 0.262 e. The molecule has 0 aromatic heterocycles. The molecule has 1 aromatic rings. The zero-order chi connectivity index (χ0) is 21.2. The van der Waals surface area contributed by atoms with Crippen LogP contribution in [-0.2, 0) is 4.79 Å². The van der Waals surface area contributed by atoms with Gasteiger partial charge in [-0.3, -0.25) is 4.79 Å². The number of hydrogen-bond donors (Lipinski definition) is 1. The van der Waals surface area contributed by atoms with Gasteiger partial charge in [0.05, 0.1) is 5.54 Å². The largest absolute Gasteiger partial charge is 0.360 e. The molecular formula is C25H33N3O. The van der Waals surface area contributed by atoms with Crippen molar-refractivity contribution >= 4 is 23.2 Å². The number of benzene rings is 1. The lowest BCUT2D eigenvalue weighted by molar-refractivity contribution is -0.117. The van der Waals surface area contributed by atoms with E-state index in [-0.39, 0.29) is 23.1 Å². The van der Waals surface area contributed by atoms with Crippen LogP contribution in [0.3, 0.4) is 0 Å². The highest BCUT2D eigenvalue weighted by molar-refractivity contribution is 6.02. The third-order valence-corrected chi connectivity index (χ3v) is 6.03. The van der Waals surface area contributed by atoms with E-state index >= 15 is 0 Å². The average molecular weight is 392 g/mol. The van der Waals surface area contributed by atoms with E-state index in [0.717, 1.165) is 36.8 Å². The van der Waals surface area contributed by atoms with Gasteiger partial charge in [0.25, 0.3) is 5.91 Å². The SMILES string of the molecule is CC1=CC(C)(C)N(C(C)C)c2ccc(/C=C(/C#N)C(=O)NC3CCCCC3)cc21. The normalized spacial score (nSPS) is 19.4. The molecule has 1 N–H and O–H groups in total. The summed E-state index contributed by atoms with van der Waals surface area (Å²) in [6, 6.07) is 8.88. The van der Waals surface area contributed by atoms with E-state index in [0.29, 0.717) is 6.04 Å². The van der Waals surface area contributed by atoms with E-state index < -0.39 is 0 Å². The summed E-state index contributed by atoms with van der Waals surface area (Å²) >= 11 is 0. The molecule has 0 unspecified atom stereocenters. The van der Waals surface area contributed by atoms with Gasteiger partial charge in [0, 0.05) is 23.3 Å². The number of carbonyl (C=O) groups excluding carboxylic acids is 1. The van der Waals surface area contributed by atoms with E-state index in [2.05, 4.69) is 69.1 Å². The third kappa shape index (κ3) is 4.56. The Morgan fingerprint density at radius 2 is 1.97 bits per heavy atom. The second-order valence-electron chi connectivity index (χ2n) is 9.20. The van der Waals surface area contributed by atoms with Gasteiger partial charge in [0.1, 0.15) is 11.6 Å². The Kier molecular flexibility index (Phi) is 6.17. The van der Waals surface area contributed by atoms with Crippen LogP contribution >= 0.6 is 0 Å². The first-order chi connectivity index (χ1) is 13.7. The van der Waals surface area contributed by atoms with Crippen LogP contribution in [0.25, 0.3) is 11.6 Å². The summed E-state index contributed by atoms with van der Waals surface area (Å²) in [5.74, 6) is -0.255. The topological polar surface area (TPSA) is 56.1 Å². The molecule has 154 valence electrons. The first kappa shape index (κ1) is 21.2.